The summed E-state index contributed by atoms with van der Waals surface area (Å²) in [5.74, 6) is 0.151. The van der Waals surface area contributed by atoms with E-state index in [9.17, 15) is 14.4 Å². The summed E-state index contributed by atoms with van der Waals surface area (Å²) in [5.41, 5.74) is 8.25. The van der Waals surface area contributed by atoms with Crippen LogP contribution in [0.4, 0.5) is 17.2 Å². The van der Waals surface area contributed by atoms with Crippen LogP contribution < -0.4 is 21.3 Å². The molecule has 2 aliphatic heterocycles. The number of nitrogens with one attached hydrogen (secondary N) is 2. The fourth-order valence-electron chi connectivity index (χ4n) is 5.37. The van der Waals surface area contributed by atoms with Crippen molar-refractivity contribution in [1.82, 2.24) is 10.3 Å². The third kappa shape index (κ3) is 4.79. The number of primary amides is 1. The van der Waals surface area contributed by atoms with E-state index in [1.807, 2.05) is 42.5 Å². The number of hydrogen-bond acceptors (Lipinski definition) is 6. The minimum Gasteiger partial charge on any atom is -0.366 e. The standard InChI is InChI=1S/C28H29N5O3/c1-17(34)19-8-12-26(30-16-19)33-22-9-10-23(33)15-21(14-22)32-28(36)18-7-11-24(27(29)35)25(13-18)31-20-5-3-2-4-6-20/h2-8,11-13,16,21-23,31H,9-10,14-15H2,1H3,(H2,29,35)(H,32,36). The van der Waals surface area contributed by atoms with Crippen LogP contribution in [0.5, 0.6) is 0 Å². The molecule has 2 amide bonds. The lowest BCUT2D eigenvalue weighted by atomic mass is 9.96. The van der Waals surface area contributed by atoms with Crippen LogP contribution in [-0.4, -0.2) is 40.7 Å². The van der Waals surface area contributed by atoms with E-state index in [1.165, 1.54) is 6.92 Å². The lowest BCUT2D eigenvalue weighted by molar-refractivity contribution is 0.0924. The number of aromatic nitrogens is 1. The highest BCUT2D eigenvalue weighted by atomic mass is 16.2. The Balaban J connectivity index is 1.28. The summed E-state index contributed by atoms with van der Waals surface area (Å²) < 4.78 is 0. The van der Waals surface area contributed by atoms with Crippen LogP contribution >= 0.6 is 0 Å². The summed E-state index contributed by atoms with van der Waals surface area (Å²) in [5, 5.41) is 6.39. The number of amides is 2. The Morgan fingerprint density at radius 2 is 1.64 bits per heavy atom. The first-order valence-corrected chi connectivity index (χ1v) is 12.2. The van der Waals surface area contributed by atoms with Gasteiger partial charge in [-0.15, -0.1) is 0 Å². The molecule has 2 unspecified atom stereocenters. The normalized spacial score (nSPS) is 20.6. The van der Waals surface area contributed by atoms with Crippen molar-refractivity contribution in [2.75, 3.05) is 10.2 Å². The highest BCUT2D eigenvalue weighted by Gasteiger charge is 2.41. The van der Waals surface area contributed by atoms with Gasteiger partial charge >= 0.3 is 0 Å². The maximum atomic E-state index is 13.2. The number of rotatable bonds is 7. The Hall–Kier alpha value is -4.20. The molecule has 8 heteroatoms. The molecule has 2 saturated heterocycles. The molecular formula is C28H29N5O3. The van der Waals surface area contributed by atoms with Gasteiger partial charge in [0.2, 0.25) is 0 Å². The molecule has 0 saturated carbocycles. The van der Waals surface area contributed by atoms with Crippen LogP contribution in [0.15, 0.2) is 66.9 Å². The molecule has 5 rings (SSSR count). The van der Waals surface area contributed by atoms with E-state index in [0.717, 1.165) is 37.2 Å². The molecule has 36 heavy (non-hydrogen) atoms. The first-order valence-electron chi connectivity index (χ1n) is 12.2. The van der Waals surface area contributed by atoms with Crippen LogP contribution in [0, 0.1) is 0 Å². The number of nitrogens with two attached hydrogens (primary N) is 1. The van der Waals surface area contributed by atoms with E-state index in [2.05, 4.69) is 20.5 Å². The second-order valence-corrected chi connectivity index (χ2v) is 9.51. The minimum atomic E-state index is -0.561. The minimum absolute atomic E-state index is 0.00410. The largest absolute Gasteiger partial charge is 0.366 e. The number of nitrogens with zero attached hydrogens (tertiary/aromatic N) is 2. The molecule has 1 aromatic heterocycles. The average Bonchev–Trinajstić information content (AvgIpc) is 3.14. The van der Waals surface area contributed by atoms with Crippen molar-refractivity contribution in [1.29, 1.82) is 0 Å². The first-order chi connectivity index (χ1) is 17.4. The summed E-state index contributed by atoms with van der Waals surface area (Å²) in [6.07, 6.45) is 5.39. The van der Waals surface area contributed by atoms with Gasteiger partial charge in [0.15, 0.2) is 5.78 Å². The van der Waals surface area contributed by atoms with Crippen LogP contribution in [0.2, 0.25) is 0 Å². The van der Waals surface area contributed by atoms with Gasteiger partial charge in [-0.25, -0.2) is 4.98 Å². The first kappa shape index (κ1) is 23.5. The van der Waals surface area contributed by atoms with Crippen LogP contribution in [0.25, 0.3) is 0 Å². The molecule has 0 aliphatic carbocycles. The Kier molecular flexibility index (Phi) is 6.41. The number of pyridine rings is 1. The molecule has 2 bridgehead atoms. The molecule has 184 valence electrons. The number of carbonyl (C=O) groups is 3. The Bertz CT molecular complexity index is 1280. The van der Waals surface area contributed by atoms with Gasteiger partial charge in [-0.05, 0) is 75.1 Å². The van der Waals surface area contributed by atoms with Gasteiger partial charge in [-0.1, -0.05) is 18.2 Å². The number of anilines is 3. The predicted octanol–water partition coefficient (Wildman–Crippen LogP) is 4.06. The number of piperidine rings is 1. The Morgan fingerprint density at radius 1 is 0.944 bits per heavy atom. The molecule has 2 fully saturated rings. The summed E-state index contributed by atoms with van der Waals surface area (Å²) in [7, 11) is 0. The van der Waals surface area contributed by atoms with E-state index in [-0.39, 0.29) is 29.8 Å². The lowest BCUT2D eigenvalue weighted by Gasteiger charge is -2.40. The summed E-state index contributed by atoms with van der Waals surface area (Å²) >= 11 is 0. The zero-order valence-electron chi connectivity index (χ0n) is 20.1. The molecule has 3 heterocycles. The number of benzene rings is 2. The van der Waals surface area contributed by atoms with Crippen LogP contribution in [0.3, 0.4) is 0 Å². The van der Waals surface area contributed by atoms with Crippen molar-refractivity contribution in [3.8, 4) is 0 Å². The number of Topliss-reactive ketones (excluding diaryl/α,β-unsaturated/α-hetero) is 1. The molecule has 2 atom stereocenters. The van der Waals surface area contributed by atoms with Gasteiger partial charge in [0.05, 0.1) is 11.3 Å². The van der Waals surface area contributed by atoms with Gasteiger partial charge in [0, 0.05) is 41.1 Å². The third-order valence-electron chi connectivity index (χ3n) is 7.09. The Morgan fingerprint density at radius 3 is 2.25 bits per heavy atom. The summed E-state index contributed by atoms with van der Waals surface area (Å²) in [4.78, 5) is 43.6. The van der Waals surface area contributed by atoms with Crippen molar-refractivity contribution >= 4 is 34.8 Å². The van der Waals surface area contributed by atoms with Gasteiger partial charge in [0.1, 0.15) is 5.82 Å². The second kappa shape index (κ2) is 9.81. The molecule has 8 nitrogen and oxygen atoms in total. The molecule has 3 aromatic rings. The zero-order valence-corrected chi connectivity index (χ0v) is 20.1. The average molecular weight is 484 g/mol. The molecular weight excluding hydrogens is 454 g/mol. The number of hydrogen-bond donors (Lipinski definition) is 3. The molecule has 2 aromatic carbocycles. The van der Waals surface area contributed by atoms with Gasteiger partial charge < -0.3 is 21.3 Å². The maximum absolute atomic E-state index is 13.2. The van der Waals surface area contributed by atoms with Crippen molar-refractivity contribution in [2.24, 2.45) is 5.73 Å². The molecule has 0 spiro atoms. The fraction of sp³-hybridized carbons (Fsp3) is 0.286. The van der Waals surface area contributed by atoms with E-state index < -0.39 is 5.91 Å². The van der Waals surface area contributed by atoms with Gasteiger partial charge in [0.25, 0.3) is 11.8 Å². The van der Waals surface area contributed by atoms with Crippen molar-refractivity contribution < 1.29 is 14.4 Å². The molecule has 4 N–H and O–H groups in total. The monoisotopic (exact) mass is 483 g/mol. The molecule has 0 radical (unpaired) electrons. The predicted molar refractivity (Wildman–Crippen MR) is 139 cm³/mol. The number of para-hydroxylation sites is 1. The van der Waals surface area contributed by atoms with Gasteiger partial charge in [-0.2, -0.15) is 0 Å². The van der Waals surface area contributed by atoms with E-state index in [4.69, 9.17) is 5.73 Å². The number of fused-ring (bicyclic) bond motifs is 2. The molecule has 2 aliphatic rings. The smallest absolute Gasteiger partial charge is 0.251 e. The van der Waals surface area contributed by atoms with Crippen molar-refractivity contribution in [3.05, 3.63) is 83.6 Å². The quantitative estimate of drug-likeness (QED) is 0.436. The van der Waals surface area contributed by atoms with Crippen molar-refractivity contribution in [3.63, 3.8) is 0 Å². The van der Waals surface area contributed by atoms with Crippen molar-refractivity contribution in [2.45, 2.75) is 50.7 Å². The zero-order chi connectivity index (χ0) is 25.2. The van der Waals surface area contributed by atoms with Crippen LogP contribution in [-0.2, 0) is 0 Å². The topological polar surface area (TPSA) is 117 Å². The highest BCUT2D eigenvalue weighted by molar-refractivity contribution is 6.02. The van der Waals surface area contributed by atoms with E-state index in [1.54, 1.807) is 24.4 Å². The Labute approximate surface area is 209 Å². The summed E-state index contributed by atoms with van der Waals surface area (Å²) in [6, 6.07) is 18.7. The fourth-order valence-corrected chi connectivity index (χ4v) is 5.37. The highest BCUT2D eigenvalue weighted by Crippen LogP contribution is 2.38. The number of ketones is 1. The number of carbonyl (C=O) groups excluding carboxylic acids is 3. The summed E-state index contributed by atoms with van der Waals surface area (Å²) in [6.45, 7) is 1.54. The third-order valence-corrected chi connectivity index (χ3v) is 7.09. The van der Waals surface area contributed by atoms with Gasteiger partial charge in [-0.3, -0.25) is 14.4 Å². The van der Waals surface area contributed by atoms with Crippen LogP contribution in [0.1, 0.15) is 63.7 Å². The second-order valence-electron chi connectivity index (χ2n) is 9.51. The lowest BCUT2D eigenvalue weighted by Crippen LogP contribution is -2.50. The van der Waals surface area contributed by atoms with E-state index in [0.29, 0.717) is 22.4 Å². The van der Waals surface area contributed by atoms with E-state index >= 15 is 0 Å². The SMILES string of the molecule is CC(=O)c1ccc(N2C3CCC2CC(NC(=O)c2ccc(C(N)=O)c(Nc4ccccc4)c2)C3)nc1. The maximum Gasteiger partial charge on any atom is 0.251 e.